The van der Waals surface area contributed by atoms with Gasteiger partial charge in [0.25, 0.3) is 0 Å². The highest BCUT2D eigenvalue weighted by Gasteiger charge is 2.09. The SMILES string of the molecule is CCN(CCCN(C)C)c1ccc(C)cc1CBr. The number of hydrogen-bond acceptors (Lipinski definition) is 2. The van der Waals surface area contributed by atoms with Crippen LogP contribution >= 0.6 is 15.9 Å². The van der Waals surface area contributed by atoms with Crippen molar-refractivity contribution in [2.24, 2.45) is 0 Å². The van der Waals surface area contributed by atoms with Crippen LogP contribution in [0.5, 0.6) is 0 Å². The zero-order chi connectivity index (χ0) is 13.5. The van der Waals surface area contributed by atoms with E-state index < -0.39 is 0 Å². The second-order valence-corrected chi connectivity index (χ2v) is 5.56. The van der Waals surface area contributed by atoms with Crippen molar-refractivity contribution < 1.29 is 0 Å². The summed E-state index contributed by atoms with van der Waals surface area (Å²) < 4.78 is 0. The van der Waals surface area contributed by atoms with Crippen molar-refractivity contribution in [3.8, 4) is 0 Å². The van der Waals surface area contributed by atoms with Gasteiger partial charge in [-0.1, -0.05) is 33.6 Å². The molecule has 18 heavy (non-hydrogen) atoms. The van der Waals surface area contributed by atoms with E-state index in [1.54, 1.807) is 0 Å². The van der Waals surface area contributed by atoms with Gasteiger partial charge in [-0.2, -0.15) is 0 Å². The van der Waals surface area contributed by atoms with E-state index >= 15 is 0 Å². The second kappa shape index (κ2) is 7.80. The molecule has 0 saturated heterocycles. The maximum absolute atomic E-state index is 3.60. The highest BCUT2D eigenvalue weighted by atomic mass is 79.9. The molecule has 0 spiro atoms. The number of aryl methyl sites for hydroxylation is 1. The standard InChI is InChI=1S/C15H25BrN2/c1-5-18(10-6-9-17(3)4)15-8-7-13(2)11-14(15)12-16/h7-8,11H,5-6,9-10,12H2,1-4H3. The summed E-state index contributed by atoms with van der Waals surface area (Å²) in [5.41, 5.74) is 4.10. The van der Waals surface area contributed by atoms with Gasteiger partial charge in [-0.3, -0.25) is 0 Å². The molecule has 0 aliphatic heterocycles. The van der Waals surface area contributed by atoms with Crippen LogP contribution in [0.15, 0.2) is 18.2 Å². The highest BCUT2D eigenvalue weighted by molar-refractivity contribution is 9.08. The fourth-order valence-corrected chi connectivity index (χ4v) is 2.61. The van der Waals surface area contributed by atoms with Crippen molar-refractivity contribution in [2.45, 2.75) is 25.6 Å². The number of alkyl halides is 1. The molecule has 0 fully saturated rings. The average Bonchev–Trinajstić information content (AvgIpc) is 2.34. The molecular weight excluding hydrogens is 288 g/mol. The van der Waals surface area contributed by atoms with Gasteiger partial charge in [-0.05, 0) is 52.5 Å². The van der Waals surface area contributed by atoms with Crippen molar-refractivity contribution in [3.05, 3.63) is 29.3 Å². The third-order valence-corrected chi connectivity index (χ3v) is 3.74. The van der Waals surface area contributed by atoms with E-state index in [1.165, 1.54) is 23.2 Å². The minimum Gasteiger partial charge on any atom is -0.372 e. The average molecular weight is 313 g/mol. The molecule has 2 nitrogen and oxygen atoms in total. The quantitative estimate of drug-likeness (QED) is 0.709. The Kier molecular flexibility index (Phi) is 6.72. The first-order valence-electron chi connectivity index (χ1n) is 6.63. The molecule has 1 aromatic rings. The molecule has 1 aromatic carbocycles. The molecule has 0 amide bonds. The van der Waals surface area contributed by atoms with Gasteiger partial charge >= 0.3 is 0 Å². The molecule has 102 valence electrons. The summed E-state index contributed by atoms with van der Waals surface area (Å²) in [6.07, 6.45) is 1.20. The summed E-state index contributed by atoms with van der Waals surface area (Å²) >= 11 is 3.60. The molecule has 0 heterocycles. The lowest BCUT2D eigenvalue weighted by molar-refractivity contribution is 0.400. The molecule has 0 aliphatic carbocycles. The Morgan fingerprint density at radius 2 is 1.89 bits per heavy atom. The first-order valence-corrected chi connectivity index (χ1v) is 7.75. The van der Waals surface area contributed by atoms with Crippen LogP contribution < -0.4 is 4.90 Å². The molecular formula is C15H25BrN2. The van der Waals surface area contributed by atoms with Gasteiger partial charge in [0.1, 0.15) is 0 Å². The number of anilines is 1. The predicted molar refractivity (Wildman–Crippen MR) is 84.9 cm³/mol. The Balaban J connectivity index is 2.75. The second-order valence-electron chi connectivity index (χ2n) is 5.00. The Bertz CT molecular complexity index is 364. The minimum absolute atomic E-state index is 0.925. The van der Waals surface area contributed by atoms with E-state index in [2.05, 4.69) is 71.9 Å². The van der Waals surface area contributed by atoms with Crippen molar-refractivity contribution in [1.29, 1.82) is 0 Å². The van der Waals surface area contributed by atoms with Crippen LogP contribution in [-0.4, -0.2) is 38.6 Å². The van der Waals surface area contributed by atoms with Gasteiger partial charge in [0, 0.05) is 24.1 Å². The van der Waals surface area contributed by atoms with Gasteiger partial charge in [0.2, 0.25) is 0 Å². The molecule has 0 aliphatic rings. The lowest BCUT2D eigenvalue weighted by Crippen LogP contribution is -2.27. The zero-order valence-corrected chi connectivity index (χ0v) is 13.6. The Morgan fingerprint density at radius 1 is 1.17 bits per heavy atom. The number of nitrogens with zero attached hydrogens (tertiary/aromatic N) is 2. The fraction of sp³-hybridized carbons (Fsp3) is 0.600. The van der Waals surface area contributed by atoms with Crippen LogP contribution in [0.1, 0.15) is 24.5 Å². The van der Waals surface area contributed by atoms with E-state index in [0.717, 1.165) is 25.0 Å². The molecule has 0 bridgehead atoms. The monoisotopic (exact) mass is 312 g/mol. The molecule has 0 saturated carbocycles. The van der Waals surface area contributed by atoms with Gasteiger partial charge in [0.15, 0.2) is 0 Å². The smallest absolute Gasteiger partial charge is 0.0407 e. The largest absolute Gasteiger partial charge is 0.372 e. The number of halogens is 1. The fourth-order valence-electron chi connectivity index (χ4n) is 2.16. The highest BCUT2D eigenvalue weighted by Crippen LogP contribution is 2.24. The van der Waals surface area contributed by atoms with Crippen LogP contribution in [0.25, 0.3) is 0 Å². The van der Waals surface area contributed by atoms with Gasteiger partial charge < -0.3 is 9.80 Å². The van der Waals surface area contributed by atoms with Crippen molar-refractivity contribution in [2.75, 3.05) is 38.6 Å². The Labute approximate surface area is 120 Å². The molecule has 0 N–H and O–H groups in total. The normalized spacial score (nSPS) is 11.0. The van der Waals surface area contributed by atoms with E-state index in [0.29, 0.717) is 0 Å². The van der Waals surface area contributed by atoms with Crippen molar-refractivity contribution in [1.82, 2.24) is 4.90 Å². The lowest BCUT2D eigenvalue weighted by Gasteiger charge is -2.26. The van der Waals surface area contributed by atoms with Crippen LogP contribution in [0.3, 0.4) is 0 Å². The summed E-state index contributed by atoms with van der Waals surface area (Å²) in [4.78, 5) is 4.72. The zero-order valence-electron chi connectivity index (χ0n) is 12.0. The summed E-state index contributed by atoms with van der Waals surface area (Å²) in [5, 5.41) is 0.925. The maximum atomic E-state index is 3.60. The predicted octanol–water partition coefficient (Wildman–Crippen LogP) is 3.67. The van der Waals surface area contributed by atoms with Crippen molar-refractivity contribution >= 4 is 21.6 Å². The van der Waals surface area contributed by atoms with Crippen LogP contribution in [0, 0.1) is 6.92 Å². The Morgan fingerprint density at radius 3 is 2.44 bits per heavy atom. The molecule has 1 rings (SSSR count). The van der Waals surface area contributed by atoms with E-state index in [4.69, 9.17) is 0 Å². The Hall–Kier alpha value is -0.540. The molecule has 3 heteroatoms. The summed E-state index contributed by atoms with van der Waals surface area (Å²) in [7, 11) is 4.26. The third kappa shape index (κ3) is 4.62. The topological polar surface area (TPSA) is 6.48 Å². The van der Waals surface area contributed by atoms with Gasteiger partial charge in [-0.15, -0.1) is 0 Å². The molecule has 0 unspecified atom stereocenters. The minimum atomic E-state index is 0.925. The lowest BCUT2D eigenvalue weighted by atomic mass is 10.1. The van der Waals surface area contributed by atoms with Crippen LogP contribution in [0.4, 0.5) is 5.69 Å². The number of benzene rings is 1. The third-order valence-electron chi connectivity index (χ3n) is 3.13. The number of rotatable bonds is 7. The number of hydrogen-bond donors (Lipinski definition) is 0. The van der Waals surface area contributed by atoms with Gasteiger partial charge in [0.05, 0.1) is 0 Å². The van der Waals surface area contributed by atoms with E-state index in [1.807, 2.05) is 0 Å². The maximum Gasteiger partial charge on any atom is 0.0407 e. The molecule has 0 aromatic heterocycles. The summed E-state index contributed by atoms with van der Waals surface area (Å²) in [5.74, 6) is 0. The van der Waals surface area contributed by atoms with E-state index in [-0.39, 0.29) is 0 Å². The summed E-state index contributed by atoms with van der Waals surface area (Å²) in [6, 6.07) is 6.74. The van der Waals surface area contributed by atoms with E-state index in [9.17, 15) is 0 Å². The van der Waals surface area contributed by atoms with Crippen LogP contribution in [0.2, 0.25) is 0 Å². The van der Waals surface area contributed by atoms with Gasteiger partial charge in [-0.25, -0.2) is 0 Å². The first-order chi connectivity index (χ1) is 8.58. The molecule has 0 radical (unpaired) electrons. The van der Waals surface area contributed by atoms with Crippen LogP contribution in [-0.2, 0) is 5.33 Å². The first kappa shape index (κ1) is 15.5. The summed E-state index contributed by atoms with van der Waals surface area (Å²) in [6.45, 7) is 7.71. The molecule has 0 atom stereocenters. The van der Waals surface area contributed by atoms with Crippen molar-refractivity contribution in [3.63, 3.8) is 0 Å².